The summed E-state index contributed by atoms with van der Waals surface area (Å²) < 4.78 is 0. The summed E-state index contributed by atoms with van der Waals surface area (Å²) >= 11 is 0. The Morgan fingerprint density at radius 2 is 1.85 bits per heavy atom. The highest BCUT2D eigenvalue weighted by Crippen LogP contribution is 2.20. The number of guanidine groups is 1. The van der Waals surface area contributed by atoms with Crippen molar-refractivity contribution in [3.05, 3.63) is 83.4 Å². The van der Waals surface area contributed by atoms with E-state index in [4.69, 9.17) is 5.26 Å². The van der Waals surface area contributed by atoms with Crippen molar-refractivity contribution < 1.29 is 0 Å². The third-order valence-electron chi connectivity index (χ3n) is 4.37. The number of hydrogen-bond acceptors (Lipinski definition) is 2. The number of benzene rings is 3. The molecule has 4 nitrogen and oxygen atoms in total. The third kappa shape index (κ3) is 4.20. The van der Waals surface area contributed by atoms with Gasteiger partial charge in [0.2, 0.25) is 0 Å². The molecule has 0 radical (unpaired) electrons. The van der Waals surface area contributed by atoms with Gasteiger partial charge >= 0.3 is 0 Å². The van der Waals surface area contributed by atoms with Crippen molar-refractivity contribution in [3.8, 4) is 6.07 Å². The van der Waals surface area contributed by atoms with Crippen LogP contribution in [-0.4, -0.2) is 13.0 Å². The molecule has 3 aromatic carbocycles. The fourth-order valence-corrected chi connectivity index (χ4v) is 2.90. The first-order valence-electron chi connectivity index (χ1n) is 8.64. The van der Waals surface area contributed by atoms with Gasteiger partial charge in [0.1, 0.15) is 0 Å². The second-order valence-electron chi connectivity index (χ2n) is 6.21. The Labute approximate surface area is 154 Å². The third-order valence-corrected chi connectivity index (χ3v) is 4.37. The molecule has 0 aromatic heterocycles. The molecule has 130 valence electrons. The van der Waals surface area contributed by atoms with E-state index in [0.717, 1.165) is 11.5 Å². The van der Waals surface area contributed by atoms with Gasteiger partial charge in [0.05, 0.1) is 17.7 Å². The molecule has 0 aliphatic heterocycles. The summed E-state index contributed by atoms with van der Waals surface area (Å²) in [6.07, 6.45) is 0. The van der Waals surface area contributed by atoms with Crippen molar-refractivity contribution in [2.45, 2.75) is 19.5 Å². The number of nitrogens with zero attached hydrogens (tertiary/aromatic N) is 2. The summed E-state index contributed by atoms with van der Waals surface area (Å²) in [5.74, 6) is 0.730. The molecular formula is C22H22N4. The molecule has 0 bridgehead atoms. The van der Waals surface area contributed by atoms with E-state index in [-0.39, 0.29) is 6.04 Å². The molecule has 3 rings (SSSR count). The molecule has 4 heteroatoms. The summed E-state index contributed by atoms with van der Waals surface area (Å²) in [5.41, 5.74) is 2.92. The number of rotatable bonds is 4. The predicted octanol–water partition coefficient (Wildman–Crippen LogP) is 4.14. The van der Waals surface area contributed by atoms with E-state index >= 15 is 0 Å². The van der Waals surface area contributed by atoms with Crippen LogP contribution in [0.5, 0.6) is 0 Å². The molecule has 26 heavy (non-hydrogen) atoms. The Morgan fingerprint density at radius 3 is 2.62 bits per heavy atom. The van der Waals surface area contributed by atoms with E-state index < -0.39 is 0 Å². The molecule has 0 spiro atoms. The van der Waals surface area contributed by atoms with Crippen molar-refractivity contribution in [3.63, 3.8) is 0 Å². The molecule has 3 aromatic rings. The van der Waals surface area contributed by atoms with Gasteiger partial charge in [-0.2, -0.15) is 5.26 Å². The second kappa shape index (κ2) is 8.17. The average molecular weight is 342 g/mol. The van der Waals surface area contributed by atoms with Crippen LogP contribution in [-0.2, 0) is 6.54 Å². The minimum Gasteiger partial charge on any atom is -0.352 e. The first kappa shape index (κ1) is 17.5. The fraction of sp³-hybridized carbons (Fsp3) is 0.182. The maximum Gasteiger partial charge on any atom is 0.191 e. The highest BCUT2D eigenvalue weighted by molar-refractivity contribution is 5.84. The molecule has 1 unspecified atom stereocenters. The van der Waals surface area contributed by atoms with Crippen molar-refractivity contribution >= 4 is 16.7 Å². The molecule has 1 atom stereocenters. The van der Waals surface area contributed by atoms with Crippen LogP contribution in [0, 0.1) is 11.3 Å². The minimum absolute atomic E-state index is 0.122. The van der Waals surface area contributed by atoms with Crippen molar-refractivity contribution in [1.82, 2.24) is 10.6 Å². The summed E-state index contributed by atoms with van der Waals surface area (Å²) in [5, 5.41) is 18.2. The first-order chi connectivity index (χ1) is 12.7. The van der Waals surface area contributed by atoms with Crippen LogP contribution >= 0.6 is 0 Å². The summed E-state index contributed by atoms with van der Waals surface area (Å²) in [7, 11) is 1.76. The minimum atomic E-state index is 0.122. The lowest BCUT2D eigenvalue weighted by Crippen LogP contribution is -2.38. The SMILES string of the molecule is CN=C(NCc1cccc(C#N)c1)NC(C)c1ccc2ccccc2c1. The van der Waals surface area contributed by atoms with Crippen LogP contribution in [0.1, 0.15) is 29.7 Å². The Bertz CT molecular complexity index is 969. The van der Waals surface area contributed by atoms with Crippen LogP contribution in [0.25, 0.3) is 10.8 Å². The van der Waals surface area contributed by atoms with Crippen LogP contribution in [0.3, 0.4) is 0 Å². The highest BCUT2D eigenvalue weighted by Gasteiger charge is 2.08. The van der Waals surface area contributed by atoms with Gasteiger partial charge in [-0.1, -0.05) is 48.5 Å². The summed E-state index contributed by atoms with van der Waals surface area (Å²) in [6.45, 7) is 2.73. The van der Waals surface area contributed by atoms with Gasteiger partial charge < -0.3 is 10.6 Å². The van der Waals surface area contributed by atoms with Gasteiger partial charge in [-0.15, -0.1) is 0 Å². The number of aliphatic imine (C=N–C) groups is 1. The Morgan fingerprint density at radius 1 is 1.04 bits per heavy atom. The van der Waals surface area contributed by atoms with E-state index in [1.165, 1.54) is 16.3 Å². The van der Waals surface area contributed by atoms with Crippen molar-refractivity contribution in [1.29, 1.82) is 5.26 Å². The monoisotopic (exact) mass is 342 g/mol. The van der Waals surface area contributed by atoms with Gasteiger partial charge in [0.15, 0.2) is 5.96 Å². The zero-order chi connectivity index (χ0) is 18.4. The molecule has 0 saturated carbocycles. The molecule has 0 amide bonds. The number of hydrogen-bond donors (Lipinski definition) is 2. The lowest BCUT2D eigenvalue weighted by Gasteiger charge is -2.19. The quantitative estimate of drug-likeness (QED) is 0.553. The molecule has 0 aliphatic rings. The van der Waals surface area contributed by atoms with Gasteiger partial charge in [-0.25, -0.2) is 0 Å². The van der Waals surface area contributed by atoms with Gasteiger partial charge in [0.25, 0.3) is 0 Å². The maximum absolute atomic E-state index is 9.00. The Hall–Kier alpha value is -3.32. The topological polar surface area (TPSA) is 60.2 Å². The normalized spacial score (nSPS) is 12.4. The highest BCUT2D eigenvalue weighted by atomic mass is 15.2. The summed E-state index contributed by atoms with van der Waals surface area (Å²) in [4.78, 5) is 4.30. The zero-order valence-electron chi connectivity index (χ0n) is 15.0. The van der Waals surface area contributed by atoms with Crippen LogP contribution in [0.4, 0.5) is 0 Å². The van der Waals surface area contributed by atoms with Gasteiger partial charge in [-0.3, -0.25) is 4.99 Å². The largest absolute Gasteiger partial charge is 0.352 e. The van der Waals surface area contributed by atoms with Crippen molar-refractivity contribution in [2.24, 2.45) is 4.99 Å². The standard InChI is InChI=1S/C22H22N4/c1-16(20-11-10-19-8-3-4-9-21(19)13-20)26-22(24-2)25-15-18-7-5-6-17(12-18)14-23/h3-13,16H,15H2,1-2H3,(H2,24,25,26). The first-order valence-corrected chi connectivity index (χ1v) is 8.64. The maximum atomic E-state index is 9.00. The molecule has 0 fully saturated rings. The fourth-order valence-electron chi connectivity index (χ4n) is 2.90. The number of nitrogens with one attached hydrogen (secondary N) is 2. The molecule has 0 saturated heterocycles. The van der Waals surface area contributed by atoms with E-state index in [2.05, 4.69) is 71.1 Å². The lowest BCUT2D eigenvalue weighted by molar-refractivity contribution is 0.686. The van der Waals surface area contributed by atoms with Crippen LogP contribution in [0.15, 0.2) is 71.7 Å². The number of nitriles is 1. The second-order valence-corrected chi connectivity index (χ2v) is 6.21. The van der Waals surface area contributed by atoms with Crippen LogP contribution < -0.4 is 10.6 Å². The van der Waals surface area contributed by atoms with Crippen molar-refractivity contribution in [2.75, 3.05) is 7.05 Å². The number of fused-ring (bicyclic) bond motifs is 1. The molecule has 0 aliphatic carbocycles. The average Bonchev–Trinajstić information content (AvgIpc) is 2.70. The van der Waals surface area contributed by atoms with Gasteiger partial charge in [0, 0.05) is 13.6 Å². The Balaban J connectivity index is 1.65. The molecular weight excluding hydrogens is 320 g/mol. The molecule has 2 N–H and O–H groups in total. The molecule has 0 heterocycles. The van der Waals surface area contributed by atoms with E-state index in [1.807, 2.05) is 18.2 Å². The predicted molar refractivity (Wildman–Crippen MR) is 107 cm³/mol. The van der Waals surface area contributed by atoms with E-state index in [1.54, 1.807) is 13.1 Å². The van der Waals surface area contributed by atoms with E-state index in [0.29, 0.717) is 12.1 Å². The lowest BCUT2D eigenvalue weighted by atomic mass is 10.0. The Kier molecular flexibility index (Phi) is 5.50. The summed E-state index contributed by atoms with van der Waals surface area (Å²) in [6, 6.07) is 24.7. The zero-order valence-corrected chi connectivity index (χ0v) is 15.0. The van der Waals surface area contributed by atoms with Crippen LogP contribution in [0.2, 0.25) is 0 Å². The van der Waals surface area contributed by atoms with Gasteiger partial charge in [-0.05, 0) is 47.0 Å². The smallest absolute Gasteiger partial charge is 0.191 e. The van der Waals surface area contributed by atoms with E-state index in [9.17, 15) is 0 Å².